The van der Waals surface area contributed by atoms with Crippen LogP contribution in [0.2, 0.25) is 5.02 Å². The van der Waals surface area contributed by atoms with Gasteiger partial charge < -0.3 is 10.1 Å². The second-order valence-corrected chi connectivity index (χ2v) is 8.74. The van der Waals surface area contributed by atoms with E-state index < -0.39 is 0 Å². The van der Waals surface area contributed by atoms with Crippen LogP contribution in [0.4, 0.5) is 0 Å². The highest BCUT2D eigenvalue weighted by molar-refractivity contribution is 6.30. The molecule has 5 rings (SSSR count). The minimum Gasteiger partial charge on any atom is -0.474 e. The predicted octanol–water partition coefficient (Wildman–Crippen LogP) is 4.90. The molecule has 2 aliphatic carbocycles. The molecule has 0 spiro atoms. The number of nitrogens with one attached hydrogen (secondary N) is 1. The van der Waals surface area contributed by atoms with Crippen molar-refractivity contribution in [1.29, 1.82) is 0 Å². The van der Waals surface area contributed by atoms with Gasteiger partial charge in [0.25, 0.3) is 5.91 Å². The van der Waals surface area contributed by atoms with Crippen LogP contribution in [-0.4, -0.2) is 28.0 Å². The van der Waals surface area contributed by atoms with Crippen LogP contribution in [0.15, 0.2) is 54.9 Å². The van der Waals surface area contributed by atoms with Crippen LogP contribution in [0.1, 0.15) is 36.5 Å². The molecule has 1 heterocycles. The number of para-hydroxylation sites is 1. The Bertz CT molecular complexity index is 1050. The fraction of sp³-hybridized carbons (Fsp3) is 0.375. The van der Waals surface area contributed by atoms with E-state index in [1.54, 1.807) is 30.6 Å². The van der Waals surface area contributed by atoms with Gasteiger partial charge in [-0.15, -0.1) is 0 Å². The number of carbonyl (C=O) groups excluding carboxylic acids is 1. The van der Waals surface area contributed by atoms with Gasteiger partial charge in [0.15, 0.2) is 0 Å². The molecule has 3 aromatic rings. The number of carbonyl (C=O) groups is 1. The maximum atomic E-state index is 12.6. The molecule has 3 unspecified atom stereocenters. The topological polar surface area (TPSA) is 64.1 Å². The average Bonchev–Trinajstić information content (AvgIpc) is 3.26. The maximum absolute atomic E-state index is 12.6. The van der Waals surface area contributed by atoms with Crippen molar-refractivity contribution in [2.75, 3.05) is 0 Å². The lowest BCUT2D eigenvalue weighted by molar-refractivity contribution is 0.0924. The number of rotatable bonds is 6. The molecule has 6 heteroatoms. The van der Waals surface area contributed by atoms with Gasteiger partial charge in [-0.1, -0.05) is 30.7 Å². The third-order valence-corrected chi connectivity index (χ3v) is 6.83. The molecule has 2 aromatic carbocycles. The van der Waals surface area contributed by atoms with Crippen LogP contribution in [0.3, 0.4) is 0 Å². The van der Waals surface area contributed by atoms with Gasteiger partial charge in [0.1, 0.15) is 12.4 Å². The summed E-state index contributed by atoms with van der Waals surface area (Å²) in [5, 5.41) is 4.83. The van der Waals surface area contributed by atoms with Crippen LogP contribution in [0.5, 0.6) is 5.88 Å². The lowest BCUT2D eigenvalue weighted by Crippen LogP contribution is -2.37. The van der Waals surface area contributed by atoms with E-state index >= 15 is 0 Å². The average molecular weight is 422 g/mol. The number of amides is 1. The van der Waals surface area contributed by atoms with Crippen molar-refractivity contribution in [3.63, 3.8) is 0 Å². The van der Waals surface area contributed by atoms with Crippen molar-refractivity contribution < 1.29 is 9.53 Å². The molecule has 0 radical (unpaired) electrons. The highest BCUT2D eigenvalue weighted by atomic mass is 35.5. The molecular weight excluding hydrogens is 398 g/mol. The highest BCUT2D eigenvalue weighted by Crippen LogP contribution is 2.60. The summed E-state index contributed by atoms with van der Waals surface area (Å²) >= 11 is 5.93. The SMILES string of the molecule is CCC(NC(=O)c1ccc(Cl)cc1)C1C2CC(Oc3ncnc4ccccc34)CC21. The number of nitrogens with zero attached hydrogens (tertiary/aromatic N) is 2. The van der Waals surface area contributed by atoms with Gasteiger partial charge in [-0.05, 0) is 73.4 Å². The quantitative estimate of drug-likeness (QED) is 0.615. The standard InChI is InChI=1S/C24H24ClN3O2/c1-2-20(28-23(29)14-7-9-15(25)10-8-14)22-18-11-16(12-19(18)22)30-24-17-5-3-4-6-21(17)26-13-27-24/h3-10,13,16,18-20,22H,2,11-12H2,1H3,(H,28,29). The van der Waals surface area contributed by atoms with E-state index in [2.05, 4.69) is 22.2 Å². The van der Waals surface area contributed by atoms with Crippen LogP contribution in [0.25, 0.3) is 10.9 Å². The minimum absolute atomic E-state index is 0.0243. The molecule has 0 bridgehead atoms. The van der Waals surface area contributed by atoms with E-state index in [1.807, 2.05) is 24.3 Å². The first-order valence-electron chi connectivity index (χ1n) is 10.6. The Kier molecular flexibility index (Phi) is 5.07. The molecule has 0 saturated heterocycles. The van der Waals surface area contributed by atoms with Gasteiger partial charge in [-0.25, -0.2) is 9.97 Å². The first kappa shape index (κ1) is 19.3. The normalized spacial score (nSPS) is 25.5. The summed E-state index contributed by atoms with van der Waals surface area (Å²) in [6.07, 6.45) is 4.70. The zero-order valence-electron chi connectivity index (χ0n) is 16.8. The summed E-state index contributed by atoms with van der Waals surface area (Å²) in [6.45, 7) is 2.14. The molecular formula is C24H24ClN3O2. The Labute approximate surface area is 180 Å². The van der Waals surface area contributed by atoms with Crippen molar-refractivity contribution in [3.05, 3.63) is 65.4 Å². The molecule has 1 aromatic heterocycles. The minimum atomic E-state index is -0.0243. The van der Waals surface area contributed by atoms with Crippen molar-refractivity contribution in [2.45, 2.75) is 38.3 Å². The summed E-state index contributed by atoms with van der Waals surface area (Å²) in [5.41, 5.74) is 1.56. The molecule has 2 saturated carbocycles. The van der Waals surface area contributed by atoms with Gasteiger partial charge in [0.2, 0.25) is 5.88 Å². The van der Waals surface area contributed by atoms with Crippen LogP contribution in [0, 0.1) is 17.8 Å². The Balaban J connectivity index is 1.20. The monoisotopic (exact) mass is 421 g/mol. The number of ether oxygens (including phenoxy) is 1. The summed E-state index contributed by atoms with van der Waals surface area (Å²) in [6, 6.07) is 15.2. The predicted molar refractivity (Wildman–Crippen MR) is 117 cm³/mol. The summed E-state index contributed by atoms with van der Waals surface area (Å²) in [7, 11) is 0. The number of fused-ring (bicyclic) bond motifs is 2. The Morgan fingerprint density at radius 3 is 2.60 bits per heavy atom. The number of aromatic nitrogens is 2. The third-order valence-electron chi connectivity index (χ3n) is 6.58. The smallest absolute Gasteiger partial charge is 0.251 e. The lowest BCUT2D eigenvalue weighted by atomic mass is 10.00. The van der Waals surface area contributed by atoms with Crippen LogP contribution < -0.4 is 10.1 Å². The number of halogens is 1. The summed E-state index contributed by atoms with van der Waals surface area (Å²) in [5.74, 6) is 2.40. The van der Waals surface area contributed by atoms with Gasteiger partial charge >= 0.3 is 0 Å². The van der Waals surface area contributed by atoms with Crippen LogP contribution >= 0.6 is 11.6 Å². The first-order chi connectivity index (χ1) is 14.6. The first-order valence-corrected chi connectivity index (χ1v) is 10.9. The molecule has 2 aliphatic rings. The van der Waals surface area contributed by atoms with Crippen LogP contribution in [-0.2, 0) is 0 Å². The maximum Gasteiger partial charge on any atom is 0.251 e. The van der Waals surface area contributed by atoms with Crippen molar-refractivity contribution in [1.82, 2.24) is 15.3 Å². The molecule has 5 nitrogen and oxygen atoms in total. The number of hydrogen-bond donors (Lipinski definition) is 1. The van der Waals surface area contributed by atoms with E-state index in [0.29, 0.717) is 34.2 Å². The number of benzene rings is 2. The van der Waals surface area contributed by atoms with E-state index in [0.717, 1.165) is 30.2 Å². The van der Waals surface area contributed by atoms with E-state index in [9.17, 15) is 4.79 Å². The molecule has 2 fully saturated rings. The Morgan fingerprint density at radius 2 is 1.87 bits per heavy atom. The Hall–Kier alpha value is -2.66. The molecule has 3 atom stereocenters. The fourth-order valence-electron chi connectivity index (χ4n) is 5.09. The molecule has 1 N–H and O–H groups in total. The third kappa shape index (κ3) is 3.63. The van der Waals surface area contributed by atoms with E-state index in [1.165, 1.54) is 0 Å². The highest BCUT2D eigenvalue weighted by Gasteiger charge is 2.59. The van der Waals surface area contributed by atoms with Gasteiger partial charge in [0, 0.05) is 16.6 Å². The fourth-order valence-corrected chi connectivity index (χ4v) is 5.22. The zero-order chi connectivity index (χ0) is 20.7. The van der Waals surface area contributed by atoms with E-state index in [4.69, 9.17) is 16.3 Å². The van der Waals surface area contributed by atoms with Crippen molar-refractivity contribution in [3.8, 4) is 5.88 Å². The zero-order valence-corrected chi connectivity index (χ0v) is 17.5. The van der Waals surface area contributed by atoms with Crippen molar-refractivity contribution in [2.24, 2.45) is 17.8 Å². The molecule has 154 valence electrons. The Morgan fingerprint density at radius 1 is 1.13 bits per heavy atom. The second-order valence-electron chi connectivity index (χ2n) is 8.31. The molecule has 0 aliphatic heterocycles. The molecule has 1 amide bonds. The van der Waals surface area contributed by atoms with E-state index in [-0.39, 0.29) is 18.1 Å². The number of hydrogen-bond acceptors (Lipinski definition) is 4. The summed E-state index contributed by atoms with van der Waals surface area (Å²) in [4.78, 5) is 21.3. The largest absolute Gasteiger partial charge is 0.474 e. The second kappa shape index (κ2) is 7.88. The van der Waals surface area contributed by atoms with Gasteiger partial charge in [-0.3, -0.25) is 4.79 Å². The molecule has 30 heavy (non-hydrogen) atoms. The summed E-state index contributed by atoms with van der Waals surface area (Å²) < 4.78 is 6.26. The van der Waals surface area contributed by atoms with Gasteiger partial charge in [0.05, 0.1) is 10.9 Å². The lowest BCUT2D eigenvalue weighted by Gasteiger charge is -2.22. The van der Waals surface area contributed by atoms with Gasteiger partial charge in [-0.2, -0.15) is 0 Å². The van der Waals surface area contributed by atoms with Crippen molar-refractivity contribution >= 4 is 28.4 Å².